The van der Waals surface area contributed by atoms with Crippen molar-refractivity contribution in [2.45, 2.75) is 45.1 Å². The van der Waals surface area contributed by atoms with E-state index < -0.39 is 0 Å². The highest BCUT2D eigenvalue weighted by atomic mass is 35.5. The quantitative estimate of drug-likeness (QED) is 0.877. The molecule has 2 unspecified atom stereocenters. The van der Waals surface area contributed by atoms with Gasteiger partial charge in [0.05, 0.1) is 17.4 Å². The van der Waals surface area contributed by atoms with Crippen molar-refractivity contribution in [1.82, 2.24) is 9.97 Å². The Morgan fingerprint density at radius 1 is 1.38 bits per heavy atom. The molecule has 1 saturated carbocycles. The summed E-state index contributed by atoms with van der Waals surface area (Å²) in [5, 5.41) is 3.98. The third-order valence-corrected chi connectivity index (χ3v) is 3.51. The number of anilines is 1. The number of hydrogen-bond donors (Lipinski definition) is 1. The molecule has 16 heavy (non-hydrogen) atoms. The summed E-state index contributed by atoms with van der Waals surface area (Å²) in [6, 6.07) is 0.528. The zero-order chi connectivity index (χ0) is 11.4. The van der Waals surface area contributed by atoms with Crippen LogP contribution in [0.4, 0.5) is 5.95 Å². The number of aromatic nitrogens is 2. The van der Waals surface area contributed by atoms with Crippen LogP contribution in [-0.2, 0) is 0 Å². The molecule has 0 saturated heterocycles. The Morgan fingerprint density at radius 3 is 2.81 bits per heavy atom. The van der Waals surface area contributed by atoms with Crippen LogP contribution < -0.4 is 5.32 Å². The first kappa shape index (κ1) is 11.6. The van der Waals surface area contributed by atoms with Gasteiger partial charge in [-0.05, 0) is 18.8 Å². The first-order valence-corrected chi connectivity index (χ1v) is 6.39. The molecule has 0 radical (unpaired) electrons. The van der Waals surface area contributed by atoms with Gasteiger partial charge in [-0.1, -0.05) is 37.8 Å². The first-order valence-electron chi connectivity index (χ1n) is 6.02. The molecule has 3 nitrogen and oxygen atoms in total. The van der Waals surface area contributed by atoms with Crippen molar-refractivity contribution < 1.29 is 0 Å². The molecule has 0 amide bonds. The fraction of sp³-hybridized carbons (Fsp3) is 0.667. The number of nitrogens with one attached hydrogen (secondary N) is 1. The molecule has 1 fully saturated rings. The molecule has 0 aliphatic heterocycles. The lowest BCUT2D eigenvalue weighted by Gasteiger charge is -2.28. The van der Waals surface area contributed by atoms with E-state index in [0.29, 0.717) is 17.0 Å². The van der Waals surface area contributed by atoms with E-state index in [4.69, 9.17) is 11.6 Å². The van der Waals surface area contributed by atoms with Crippen molar-refractivity contribution in [3.05, 3.63) is 17.4 Å². The van der Waals surface area contributed by atoms with E-state index >= 15 is 0 Å². The van der Waals surface area contributed by atoms with Crippen molar-refractivity contribution in [1.29, 1.82) is 0 Å². The van der Waals surface area contributed by atoms with Gasteiger partial charge in [-0.25, -0.2) is 9.97 Å². The van der Waals surface area contributed by atoms with E-state index in [2.05, 4.69) is 22.2 Å². The lowest BCUT2D eigenvalue weighted by Crippen LogP contribution is -2.27. The van der Waals surface area contributed by atoms with E-state index in [1.54, 1.807) is 12.4 Å². The molecule has 1 aliphatic carbocycles. The van der Waals surface area contributed by atoms with Gasteiger partial charge < -0.3 is 5.32 Å². The summed E-state index contributed by atoms with van der Waals surface area (Å²) in [5.41, 5.74) is 0. The molecular formula is C12H18ClN3. The molecule has 1 aromatic heterocycles. The maximum absolute atomic E-state index is 5.75. The minimum Gasteiger partial charge on any atom is -0.351 e. The highest BCUT2D eigenvalue weighted by molar-refractivity contribution is 6.30. The second-order valence-electron chi connectivity index (χ2n) is 4.51. The summed E-state index contributed by atoms with van der Waals surface area (Å²) in [4.78, 5) is 8.34. The summed E-state index contributed by atoms with van der Waals surface area (Å²) in [5.74, 6) is 1.56. The van der Waals surface area contributed by atoms with Crippen LogP contribution in [0.15, 0.2) is 12.4 Å². The second-order valence-corrected chi connectivity index (χ2v) is 4.94. The highest BCUT2D eigenvalue weighted by Crippen LogP contribution is 2.27. The van der Waals surface area contributed by atoms with Gasteiger partial charge in [0.15, 0.2) is 0 Å². The van der Waals surface area contributed by atoms with Crippen LogP contribution in [0, 0.1) is 5.92 Å². The third-order valence-electron chi connectivity index (χ3n) is 3.31. The van der Waals surface area contributed by atoms with Crippen LogP contribution in [0.5, 0.6) is 0 Å². The summed E-state index contributed by atoms with van der Waals surface area (Å²) in [6.07, 6.45) is 9.69. The standard InChI is InChI=1S/C12H18ClN3/c1-2-9-4-3-5-11(6-9)16-12-14-7-10(13)8-15-12/h7-9,11H,2-6H2,1H3,(H,14,15,16). The number of nitrogens with zero attached hydrogens (tertiary/aromatic N) is 2. The number of halogens is 1. The molecule has 1 heterocycles. The molecule has 1 aromatic rings. The molecule has 1 N–H and O–H groups in total. The maximum atomic E-state index is 5.75. The van der Waals surface area contributed by atoms with Crippen LogP contribution in [0.2, 0.25) is 5.02 Å². The fourth-order valence-corrected chi connectivity index (χ4v) is 2.46. The van der Waals surface area contributed by atoms with Gasteiger partial charge in [-0.15, -0.1) is 0 Å². The predicted octanol–water partition coefficient (Wildman–Crippen LogP) is 3.51. The van der Waals surface area contributed by atoms with E-state index in [1.165, 1.54) is 32.1 Å². The summed E-state index contributed by atoms with van der Waals surface area (Å²) < 4.78 is 0. The van der Waals surface area contributed by atoms with Gasteiger partial charge in [0.25, 0.3) is 0 Å². The van der Waals surface area contributed by atoms with E-state index in [-0.39, 0.29) is 0 Å². The third kappa shape index (κ3) is 3.08. The molecule has 2 rings (SSSR count). The van der Waals surface area contributed by atoms with Gasteiger partial charge >= 0.3 is 0 Å². The van der Waals surface area contributed by atoms with Crippen molar-refractivity contribution in [2.24, 2.45) is 5.92 Å². The molecule has 0 aromatic carbocycles. The Hall–Kier alpha value is -0.830. The normalized spacial score (nSPS) is 25.4. The van der Waals surface area contributed by atoms with Crippen molar-refractivity contribution in [3.8, 4) is 0 Å². The summed E-state index contributed by atoms with van der Waals surface area (Å²) in [7, 11) is 0. The maximum Gasteiger partial charge on any atom is 0.222 e. The Labute approximate surface area is 102 Å². The van der Waals surface area contributed by atoms with Gasteiger partial charge in [-0.3, -0.25) is 0 Å². The lowest BCUT2D eigenvalue weighted by molar-refractivity contribution is 0.326. The van der Waals surface area contributed by atoms with Gasteiger partial charge in [-0.2, -0.15) is 0 Å². The average Bonchev–Trinajstić information content (AvgIpc) is 2.32. The van der Waals surface area contributed by atoms with Crippen molar-refractivity contribution >= 4 is 17.5 Å². The van der Waals surface area contributed by atoms with Gasteiger partial charge in [0.1, 0.15) is 0 Å². The topological polar surface area (TPSA) is 37.8 Å². The Morgan fingerprint density at radius 2 is 2.12 bits per heavy atom. The monoisotopic (exact) mass is 239 g/mol. The Balaban J connectivity index is 1.91. The molecule has 0 spiro atoms. The van der Waals surface area contributed by atoms with E-state index in [9.17, 15) is 0 Å². The number of rotatable bonds is 3. The van der Waals surface area contributed by atoms with Crippen LogP contribution in [0.1, 0.15) is 39.0 Å². The average molecular weight is 240 g/mol. The zero-order valence-electron chi connectivity index (χ0n) is 9.62. The van der Waals surface area contributed by atoms with Gasteiger partial charge in [0.2, 0.25) is 5.95 Å². The van der Waals surface area contributed by atoms with E-state index in [1.807, 2.05) is 0 Å². The molecule has 2 atom stereocenters. The van der Waals surface area contributed by atoms with E-state index in [0.717, 1.165) is 5.92 Å². The number of hydrogen-bond acceptors (Lipinski definition) is 3. The lowest BCUT2D eigenvalue weighted by atomic mass is 9.84. The Bertz CT molecular complexity index is 326. The summed E-state index contributed by atoms with van der Waals surface area (Å²) in [6.45, 7) is 2.27. The second kappa shape index (κ2) is 5.48. The van der Waals surface area contributed by atoms with Gasteiger partial charge in [0, 0.05) is 6.04 Å². The minimum absolute atomic E-state index is 0.528. The molecule has 4 heteroatoms. The predicted molar refractivity (Wildman–Crippen MR) is 66.7 cm³/mol. The molecule has 88 valence electrons. The van der Waals surface area contributed by atoms with Crippen LogP contribution in [0.3, 0.4) is 0 Å². The Kier molecular flexibility index (Phi) is 3.99. The SMILES string of the molecule is CCC1CCCC(Nc2ncc(Cl)cn2)C1. The largest absolute Gasteiger partial charge is 0.351 e. The van der Waals surface area contributed by atoms with Crippen LogP contribution in [0.25, 0.3) is 0 Å². The zero-order valence-corrected chi connectivity index (χ0v) is 10.4. The van der Waals surface area contributed by atoms with Crippen LogP contribution in [-0.4, -0.2) is 16.0 Å². The smallest absolute Gasteiger partial charge is 0.222 e. The highest BCUT2D eigenvalue weighted by Gasteiger charge is 2.20. The fourth-order valence-electron chi connectivity index (χ4n) is 2.36. The molecular weight excluding hydrogens is 222 g/mol. The van der Waals surface area contributed by atoms with Crippen molar-refractivity contribution in [3.63, 3.8) is 0 Å². The molecule has 1 aliphatic rings. The molecule has 0 bridgehead atoms. The summed E-state index contributed by atoms with van der Waals surface area (Å²) >= 11 is 5.75. The first-order chi connectivity index (χ1) is 7.78. The minimum atomic E-state index is 0.528. The van der Waals surface area contributed by atoms with Crippen LogP contribution >= 0.6 is 11.6 Å². The van der Waals surface area contributed by atoms with Crippen molar-refractivity contribution in [2.75, 3.05) is 5.32 Å².